The first-order chi connectivity index (χ1) is 9.26. The second-order valence-electron chi connectivity index (χ2n) is 4.33. The molecule has 19 heavy (non-hydrogen) atoms. The summed E-state index contributed by atoms with van der Waals surface area (Å²) in [6, 6.07) is 9.81. The summed E-state index contributed by atoms with van der Waals surface area (Å²) in [4.78, 5) is 2.87. The summed E-state index contributed by atoms with van der Waals surface area (Å²) in [6.45, 7) is 2.86. The number of hydrogen-bond acceptors (Lipinski definition) is 3. The molecule has 0 atom stereocenters. The van der Waals surface area contributed by atoms with Crippen molar-refractivity contribution < 1.29 is 4.74 Å². The minimum atomic E-state index is 0.403. The number of benzene rings is 1. The van der Waals surface area contributed by atoms with Gasteiger partial charge in [0.25, 0.3) is 0 Å². The topological polar surface area (TPSA) is 74.8 Å². The van der Waals surface area contributed by atoms with Crippen LogP contribution >= 0.6 is 0 Å². The van der Waals surface area contributed by atoms with Crippen molar-refractivity contribution in [1.82, 2.24) is 4.98 Å². The van der Waals surface area contributed by atoms with Gasteiger partial charge in [0.15, 0.2) is 0 Å². The zero-order valence-corrected chi connectivity index (χ0v) is 10.9. The van der Waals surface area contributed by atoms with E-state index < -0.39 is 0 Å². The van der Waals surface area contributed by atoms with E-state index in [1.165, 1.54) is 0 Å². The number of unbranched alkanes of at least 4 members (excludes halogenated alkanes) is 1. The monoisotopic (exact) mass is 255 g/mol. The third kappa shape index (κ3) is 2.89. The third-order valence-corrected chi connectivity index (χ3v) is 2.95. The zero-order valence-electron chi connectivity index (χ0n) is 10.9. The highest BCUT2D eigenvalue weighted by Crippen LogP contribution is 2.28. The molecule has 0 saturated carbocycles. The van der Waals surface area contributed by atoms with E-state index in [2.05, 4.69) is 18.0 Å². The lowest BCUT2D eigenvalue weighted by atomic mass is 10.0. The molecule has 0 spiro atoms. The molecular weight excluding hydrogens is 238 g/mol. The number of nitriles is 1. The maximum atomic E-state index is 9.07. The third-order valence-electron chi connectivity index (χ3n) is 2.95. The smallest absolute Gasteiger partial charge is 0.119 e. The zero-order chi connectivity index (χ0) is 13.7. The quantitative estimate of drug-likeness (QED) is 0.805. The van der Waals surface area contributed by atoms with E-state index in [-0.39, 0.29) is 0 Å². The van der Waals surface area contributed by atoms with Crippen molar-refractivity contribution in [2.45, 2.75) is 19.8 Å². The van der Waals surface area contributed by atoms with Crippen LogP contribution in [-0.4, -0.2) is 11.6 Å². The summed E-state index contributed by atoms with van der Waals surface area (Å²) < 4.78 is 5.60. The highest BCUT2D eigenvalue weighted by atomic mass is 16.5. The van der Waals surface area contributed by atoms with E-state index in [0.29, 0.717) is 11.4 Å². The Morgan fingerprint density at radius 3 is 2.68 bits per heavy atom. The van der Waals surface area contributed by atoms with Crippen LogP contribution < -0.4 is 10.5 Å². The lowest BCUT2D eigenvalue weighted by Gasteiger charge is -2.06. The van der Waals surface area contributed by atoms with Gasteiger partial charge in [-0.05, 0) is 24.1 Å². The average Bonchev–Trinajstić information content (AvgIpc) is 2.81. The maximum absolute atomic E-state index is 9.07. The molecule has 2 aromatic rings. The number of ether oxygens (including phenoxy) is 1. The van der Waals surface area contributed by atoms with Gasteiger partial charge in [-0.1, -0.05) is 25.5 Å². The Labute approximate surface area is 112 Å². The van der Waals surface area contributed by atoms with Gasteiger partial charge in [0.05, 0.1) is 6.61 Å². The first-order valence-corrected chi connectivity index (χ1v) is 6.36. The Balaban J connectivity index is 2.16. The molecule has 0 fully saturated rings. The highest BCUT2D eigenvalue weighted by molar-refractivity contribution is 5.76. The second kappa shape index (κ2) is 5.96. The predicted octanol–water partition coefficient (Wildman–Crippen LogP) is 3.31. The van der Waals surface area contributed by atoms with Crippen LogP contribution in [0.4, 0.5) is 5.82 Å². The van der Waals surface area contributed by atoms with Crippen LogP contribution in [0.1, 0.15) is 25.3 Å². The fourth-order valence-corrected chi connectivity index (χ4v) is 1.85. The first-order valence-electron chi connectivity index (χ1n) is 6.36. The molecule has 0 saturated heterocycles. The molecule has 0 aliphatic heterocycles. The van der Waals surface area contributed by atoms with Gasteiger partial charge < -0.3 is 15.5 Å². The Morgan fingerprint density at radius 1 is 1.32 bits per heavy atom. The van der Waals surface area contributed by atoms with Crippen LogP contribution in [-0.2, 0) is 0 Å². The molecule has 0 amide bonds. The number of nitrogens with two attached hydrogens (primary N) is 1. The molecule has 0 unspecified atom stereocenters. The Morgan fingerprint density at radius 2 is 2.05 bits per heavy atom. The molecule has 2 rings (SSSR count). The fraction of sp³-hybridized carbons (Fsp3) is 0.267. The first kappa shape index (κ1) is 13.0. The summed E-state index contributed by atoms with van der Waals surface area (Å²) in [6.07, 6.45) is 3.92. The van der Waals surface area contributed by atoms with Gasteiger partial charge in [-0.2, -0.15) is 5.26 Å². The number of aromatic amines is 1. The number of rotatable bonds is 5. The number of hydrogen-bond donors (Lipinski definition) is 2. The van der Waals surface area contributed by atoms with Crippen LogP contribution in [0.25, 0.3) is 11.1 Å². The highest BCUT2D eigenvalue weighted by Gasteiger charge is 2.10. The van der Waals surface area contributed by atoms with Crippen molar-refractivity contribution in [3.8, 4) is 22.9 Å². The Kier molecular flexibility index (Phi) is 4.09. The lowest BCUT2D eigenvalue weighted by molar-refractivity contribution is 0.309. The summed E-state index contributed by atoms with van der Waals surface area (Å²) in [5, 5.41) is 9.07. The van der Waals surface area contributed by atoms with Crippen LogP contribution in [0.5, 0.6) is 5.75 Å². The van der Waals surface area contributed by atoms with Crippen LogP contribution in [0.15, 0.2) is 30.5 Å². The standard InChI is InChI=1S/C15H17N3O/c1-2-3-8-19-12-6-4-11(5-7-12)14-10-18-15(17)13(14)9-16/h4-7,10,18H,2-3,8,17H2,1H3. The SMILES string of the molecule is CCCCOc1ccc(-c2c[nH]c(N)c2C#N)cc1. The largest absolute Gasteiger partial charge is 0.494 e. The molecule has 0 radical (unpaired) electrons. The Hall–Kier alpha value is -2.41. The number of nitrogen functional groups attached to an aromatic ring is 1. The van der Waals surface area contributed by atoms with Crippen molar-refractivity contribution in [2.75, 3.05) is 12.3 Å². The fourth-order valence-electron chi connectivity index (χ4n) is 1.85. The molecule has 0 aliphatic rings. The van der Waals surface area contributed by atoms with Crippen LogP contribution in [0, 0.1) is 11.3 Å². The van der Waals surface area contributed by atoms with E-state index in [0.717, 1.165) is 36.3 Å². The van der Waals surface area contributed by atoms with Crippen molar-refractivity contribution in [2.24, 2.45) is 0 Å². The molecule has 4 heteroatoms. The number of anilines is 1. The van der Waals surface area contributed by atoms with Gasteiger partial charge in [-0.15, -0.1) is 0 Å². The van der Waals surface area contributed by atoms with E-state index in [9.17, 15) is 0 Å². The van der Waals surface area contributed by atoms with Gasteiger partial charge in [-0.3, -0.25) is 0 Å². The molecule has 98 valence electrons. The lowest BCUT2D eigenvalue weighted by Crippen LogP contribution is -1.96. The molecule has 1 heterocycles. The summed E-state index contributed by atoms with van der Waals surface area (Å²) in [5.74, 6) is 1.25. The molecular formula is C15H17N3O. The van der Waals surface area contributed by atoms with E-state index in [4.69, 9.17) is 15.7 Å². The maximum Gasteiger partial charge on any atom is 0.119 e. The van der Waals surface area contributed by atoms with Gasteiger partial charge >= 0.3 is 0 Å². The molecule has 1 aromatic carbocycles. The molecule has 1 aromatic heterocycles. The molecule has 0 aliphatic carbocycles. The van der Waals surface area contributed by atoms with Gasteiger partial charge in [0, 0.05) is 11.8 Å². The van der Waals surface area contributed by atoms with Gasteiger partial charge in [0.1, 0.15) is 23.2 Å². The van der Waals surface area contributed by atoms with Crippen molar-refractivity contribution >= 4 is 5.82 Å². The number of H-pyrrole nitrogens is 1. The van der Waals surface area contributed by atoms with Crippen LogP contribution in [0.2, 0.25) is 0 Å². The normalized spacial score (nSPS) is 10.1. The van der Waals surface area contributed by atoms with Crippen LogP contribution in [0.3, 0.4) is 0 Å². The van der Waals surface area contributed by atoms with E-state index in [1.54, 1.807) is 6.20 Å². The van der Waals surface area contributed by atoms with Gasteiger partial charge in [0.2, 0.25) is 0 Å². The number of nitrogens with one attached hydrogen (secondary N) is 1. The predicted molar refractivity (Wildman–Crippen MR) is 75.8 cm³/mol. The van der Waals surface area contributed by atoms with E-state index in [1.807, 2.05) is 24.3 Å². The Bertz CT molecular complexity index is 578. The van der Waals surface area contributed by atoms with Crippen molar-refractivity contribution in [1.29, 1.82) is 5.26 Å². The summed E-state index contributed by atoms with van der Waals surface area (Å²) in [5.41, 5.74) is 7.95. The minimum absolute atomic E-state index is 0.403. The molecule has 0 bridgehead atoms. The summed E-state index contributed by atoms with van der Waals surface area (Å²) >= 11 is 0. The number of nitrogens with zero attached hydrogens (tertiary/aromatic N) is 1. The van der Waals surface area contributed by atoms with Crippen molar-refractivity contribution in [3.63, 3.8) is 0 Å². The second-order valence-corrected chi connectivity index (χ2v) is 4.33. The molecule has 3 N–H and O–H groups in total. The van der Waals surface area contributed by atoms with Crippen molar-refractivity contribution in [3.05, 3.63) is 36.0 Å². The molecule has 4 nitrogen and oxygen atoms in total. The minimum Gasteiger partial charge on any atom is -0.494 e. The summed E-state index contributed by atoms with van der Waals surface area (Å²) in [7, 11) is 0. The van der Waals surface area contributed by atoms with Gasteiger partial charge in [-0.25, -0.2) is 0 Å². The van der Waals surface area contributed by atoms with E-state index >= 15 is 0 Å². The number of aromatic nitrogens is 1. The average molecular weight is 255 g/mol.